The van der Waals surface area contributed by atoms with Crippen molar-refractivity contribution in [2.75, 3.05) is 0 Å². The van der Waals surface area contributed by atoms with Crippen LogP contribution in [0.1, 0.15) is 38.0 Å². The molecule has 5 heteroatoms. The highest BCUT2D eigenvalue weighted by Gasteiger charge is 2.27. The minimum absolute atomic E-state index is 0.0173. The number of nitrogens with two attached hydrogens (primary N) is 1. The van der Waals surface area contributed by atoms with Gasteiger partial charge in [0.25, 0.3) is 0 Å². The van der Waals surface area contributed by atoms with E-state index in [1.807, 2.05) is 19.9 Å². The van der Waals surface area contributed by atoms with Gasteiger partial charge in [-0.1, -0.05) is 25.2 Å². The van der Waals surface area contributed by atoms with E-state index in [-0.39, 0.29) is 5.91 Å². The number of nitrogens with one attached hydrogen (secondary N) is 1. The monoisotopic (exact) mass is 284 g/mol. The van der Waals surface area contributed by atoms with Gasteiger partial charge in [0.05, 0.1) is 10.5 Å². The Morgan fingerprint density at radius 1 is 1.61 bits per heavy atom. The van der Waals surface area contributed by atoms with E-state index in [4.69, 9.17) is 18.0 Å². The minimum Gasteiger partial charge on any atom is -0.391 e. The smallest absolute Gasteiger partial charge is 0.220 e. The van der Waals surface area contributed by atoms with Gasteiger partial charge in [0.2, 0.25) is 5.91 Å². The zero-order valence-electron chi connectivity index (χ0n) is 10.9. The van der Waals surface area contributed by atoms with Gasteiger partial charge in [0, 0.05) is 11.3 Å². The maximum absolute atomic E-state index is 11.8. The molecule has 1 aromatic rings. The highest BCUT2D eigenvalue weighted by Crippen LogP contribution is 2.13. The molecule has 1 atom stereocenters. The second-order valence-electron chi connectivity index (χ2n) is 4.53. The third-order valence-electron chi connectivity index (χ3n) is 3.07. The first-order chi connectivity index (χ1) is 8.48. The Morgan fingerprint density at radius 2 is 2.33 bits per heavy atom. The molecule has 3 nitrogen and oxygen atoms in total. The van der Waals surface area contributed by atoms with Crippen LogP contribution in [-0.4, -0.2) is 16.4 Å². The maximum atomic E-state index is 11.8. The van der Waals surface area contributed by atoms with Gasteiger partial charge in [-0.25, -0.2) is 0 Å². The number of carbonyl (C=O) groups is 1. The highest BCUT2D eigenvalue weighted by molar-refractivity contribution is 7.80. The number of rotatable bonds is 7. The van der Waals surface area contributed by atoms with Crippen molar-refractivity contribution in [3.05, 3.63) is 22.4 Å². The molecule has 1 heterocycles. The van der Waals surface area contributed by atoms with Crippen molar-refractivity contribution in [3.8, 4) is 0 Å². The van der Waals surface area contributed by atoms with Crippen LogP contribution in [-0.2, 0) is 11.2 Å². The van der Waals surface area contributed by atoms with Crippen molar-refractivity contribution in [3.63, 3.8) is 0 Å². The summed E-state index contributed by atoms with van der Waals surface area (Å²) in [5.41, 5.74) is 5.09. The van der Waals surface area contributed by atoms with Gasteiger partial charge in [-0.15, -0.1) is 11.3 Å². The van der Waals surface area contributed by atoms with Gasteiger partial charge >= 0.3 is 0 Å². The van der Waals surface area contributed by atoms with Crippen LogP contribution in [0.15, 0.2) is 17.5 Å². The molecule has 0 aromatic carbocycles. The SMILES string of the molecule is CCC(C)(NC(=O)CCCc1cccs1)C(N)=S. The summed E-state index contributed by atoms with van der Waals surface area (Å²) >= 11 is 6.71. The molecule has 1 amide bonds. The topological polar surface area (TPSA) is 55.1 Å². The van der Waals surface area contributed by atoms with Crippen LogP contribution in [0.3, 0.4) is 0 Å². The summed E-state index contributed by atoms with van der Waals surface area (Å²) in [5, 5.41) is 4.97. The zero-order chi connectivity index (χ0) is 13.6. The zero-order valence-corrected chi connectivity index (χ0v) is 12.5. The Morgan fingerprint density at radius 3 is 2.83 bits per heavy atom. The van der Waals surface area contributed by atoms with Gasteiger partial charge < -0.3 is 11.1 Å². The molecule has 0 radical (unpaired) electrons. The average Bonchev–Trinajstić information content (AvgIpc) is 2.81. The molecule has 0 saturated carbocycles. The third kappa shape index (κ3) is 4.38. The van der Waals surface area contributed by atoms with E-state index >= 15 is 0 Å². The van der Waals surface area contributed by atoms with Gasteiger partial charge in [-0.3, -0.25) is 4.79 Å². The maximum Gasteiger partial charge on any atom is 0.220 e. The lowest BCUT2D eigenvalue weighted by Gasteiger charge is -2.28. The molecule has 18 heavy (non-hydrogen) atoms. The molecule has 3 N–H and O–H groups in total. The summed E-state index contributed by atoms with van der Waals surface area (Å²) in [6.45, 7) is 3.83. The van der Waals surface area contributed by atoms with Crippen LogP contribution in [0.4, 0.5) is 0 Å². The number of thiophene rings is 1. The number of aryl methyl sites for hydroxylation is 1. The minimum atomic E-state index is -0.560. The van der Waals surface area contributed by atoms with Crippen molar-refractivity contribution in [1.82, 2.24) is 5.32 Å². The molecule has 0 aliphatic heterocycles. The summed E-state index contributed by atoms with van der Waals surface area (Å²) in [5.74, 6) is 0.0173. The summed E-state index contributed by atoms with van der Waals surface area (Å²) in [4.78, 5) is 13.5. The van der Waals surface area contributed by atoms with Gasteiger partial charge in [0.1, 0.15) is 0 Å². The fourth-order valence-electron chi connectivity index (χ4n) is 1.57. The molecule has 0 aliphatic carbocycles. The van der Waals surface area contributed by atoms with E-state index in [9.17, 15) is 4.79 Å². The second-order valence-corrected chi connectivity index (χ2v) is 6.00. The average molecular weight is 284 g/mol. The lowest BCUT2D eigenvalue weighted by atomic mass is 9.98. The van der Waals surface area contributed by atoms with Crippen molar-refractivity contribution in [2.45, 2.75) is 45.1 Å². The predicted molar refractivity (Wildman–Crippen MR) is 80.9 cm³/mol. The van der Waals surface area contributed by atoms with Crippen LogP contribution >= 0.6 is 23.6 Å². The van der Waals surface area contributed by atoms with Crippen molar-refractivity contribution >= 4 is 34.5 Å². The Hall–Kier alpha value is -0.940. The van der Waals surface area contributed by atoms with Gasteiger partial charge in [-0.05, 0) is 37.6 Å². The second kappa shape index (κ2) is 6.85. The van der Waals surface area contributed by atoms with Crippen molar-refractivity contribution in [2.24, 2.45) is 5.73 Å². The predicted octanol–water partition coefficient (Wildman–Crippen LogP) is 2.64. The summed E-state index contributed by atoms with van der Waals surface area (Å²) in [6.07, 6.45) is 3.01. The third-order valence-corrected chi connectivity index (χ3v) is 4.46. The highest BCUT2D eigenvalue weighted by atomic mass is 32.1. The van der Waals surface area contributed by atoms with Crippen molar-refractivity contribution < 1.29 is 4.79 Å². The molecule has 0 bridgehead atoms. The number of amides is 1. The molecule has 1 aromatic heterocycles. The van der Waals surface area contributed by atoms with Crippen LogP contribution in [0, 0.1) is 0 Å². The van der Waals surface area contributed by atoms with Crippen LogP contribution in [0.2, 0.25) is 0 Å². The molecular formula is C13H20N2OS2. The first kappa shape index (κ1) is 15.1. The molecular weight excluding hydrogens is 264 g/mol. The van der Waals surface area contributed by atoms with E-state index in [1.165, 1.54) is 4.88 Å². The van der Waals surface area contributed by atoms with E-state index in [2.05, 4.69) is 16.8 Å². The normalized spacial score (nSPS) is 13.9. The van der Waals surface area contributed by atoms with E-state index in [0.717, 1.165) is 12.8 Å². The number of thiocarbonyl (C=S) groups is 1. The fraction of sp³-hybridized carbons (Fsp3) is 0.538. The first-order valence-electron chi connectivity index (χ1n) is 6.11. The summed E-state index contributed by atoms with van der Waals surface area (Å²) < 4.78 is 0. The van der Waals surface area contributed by atoms with E-state index in [0.29, 0.717) is 17.8 Å². The quantitative estimate of drug-likeness (QED) is 0.757. The Bertz CT molecular complexity index is 403. The standard InChI is InChI=1S/C13H20N2OS2/c1-3-13(2,12(14)17)15-11(16)8-4-6-10-7-5-9-18-10/h5,7,9H,3-4,6,8H2,1-2H3,(H2,14,17)(H,15,16). The Labute approximate surface area is 118 Å². The lowest BCUT2D eigenvalue weighted by Crippen LogP contribution is -2.54. The number of hydrogen-bond donors (Lipinski definition) is 2. The molecule has 0 spiro atoms. The first-order valence-corrected chi connectivity index (χ1v) is 7.40. The lowest BCUT2D eigenvalue weighted by molar-refractivity contribution is -0.122. The fourth-order valence-corrected chi connectivity index (χ4v) is 2.52. The molecule has 100 valence electrons. The molecule has 1 unspecified atom stereocenters. The molecule has 0 aliphatic rings. The Balaban J connectivity index is 2.35. The molecule has 0 fully saturated rings. The summed E-state index contributed by atoms with van der Waals surface area (Å²) in [7, 11) is 0. The number of carbonyl (C=O) groups excluding carboxylic acids is 1. The van der Waals surface area contributed by atoms with Crippen LogP contribution in [0.5, 0.6) is 0 Å². The van der Waals surface area contributed by atoms with Crippen LogP contribution in [0.25, 0.3) is 0 Å². The Kier molecular flexibility index (Phi) is 5.75. The van der Waals surface area contributed by atoms with E-state index in [1.54, 1.807) is 11.3 Å². The van der Waals surface area contributed by atoms with Crippen LogP contribution < -0.4 is 11.1 Å². The molecule has 1 rings (SSSR count). The molecule has 0 saturated heterocycles. The van der Waals surface area contributed by atoms with Gasteiger partial charge in [0.15, 0.2) is 0 Å². The van der Waals surface area contributed by atoms with E-state index < -0.39 is 5.54 Å². The summed E-state index contributed by atoms with van der Waals surface area (Å²) in [6, 6.07) is 4.12. The van der Waals surface area contributed by atoms with Gasteiger partial charge in [-0.2, -0.15) is 0 Å². The number of hydrogen-bond acceptors (Lipinski definition) is 3. The van der Waals surface area contributed by atoms with Crippen molar-refractivity contribution in [1.29, 1.82) is 0 Å². The largest absolute Gasteiger partial charge is 0.391 e.